The summed E-state index contributed by atoms with van der Waals surface area (Å²) in [5.41, 5.74) is 1.06. The summed E-state index contributed by atoms with van der Waals surface area (Å²) in [5, 5.41) is 2.98. The Labute approximate surface area is 114 Å². The lowest BCUT2D eigenvalue weighted by molar-refractivity contribution is -0.130. The predicted octanol–water partition coefficient (Wildman–Crippen LogP) is 2.44. The standard InChI is InChI=1S/C15H21NO3/c1-3-18-13-8-6-12(7-9-13)11(2)16-15(17)14-5-4-10-19-14/h6-9,11,14H,3-5,10H2,1-2H3,(H,16,17). The Morgan fingerprint density at radius 2 is 2.21 bits per heavy atom. The minimum Gasteiger partial charge on any atom is -0.494 e. The van der Waals surface area contributed by atoms with Crippen LogP contribution in [0.15, 0.2) is 24.3 Å². The molecule has 1 amide bonds. The van der Waals surface area contributed by atoms with E-state index in [4.69, 9.17) is 9.47 Å². The summed E-state index contributed by atoms with van der Waals surface area (Å²) < 4.78 is 10.8. The fourth-order valence-electron chi connectivity index (χ4n) is 2.19. The molecule has 0 aliphatic carbocycles. The second-order valence-corrected chi connectivity index (χ2v) is 4.73. The maximum absolute atomic E-state index is 11.9. The number of amides is 1. The Morgan fingerprint density at radius 1 is 1.47 bits per heavy atom. The van der Waals surface area contributed by atoms with Gasteiger partial charge in [0.1, 0.15) is 11.9 Å². The first-order valence-electron chi connectivity index (χ1n) is 6.85. The van der Waals surface area contributed by atoms with E-state index in [1.165, 1.54) is 0 Å². The number of carbonyl (C=O) groups is 1. The molecule has 1 aromatic carbocycles. The van der Waals surface area contributed by atoms with Gasteiger partial charge in [-0.25, -0.2) is 0 Å². The van der Waals surface area contributed by atoms with Gasteiger partial charge in [-0.3, -0.25) is 4.79 Å². The van der Waals surface area contributed by atoms with Gasteiger partial charge >= 0.3 is 0 Å². The fraction of sp³-hybridized carbons (Fsp3) is 0.533. The van der Waals surface area contributed by atoms with Crippen LogP contribution in [-0.4, -0.2) is 25.2 Å². The molecule has 1 aliphatic heterocycles. The average molecular weight is 263 g/mol. The van der Waals surface area contributed by atoms with Crippen molar-refractivity contribution in [3.8, 4) is 5.75 Å². The Kier molecular flexibility index (Phi) is 4.80. The van der Waals surface area contributed by atoms with E-state index in [1.54, 1.807) is 0 Å². The number of benzene rings is 1. The van der Waals surface area contributed by atoms with E-state index >= 15 is 0 Å². The lowest BCUT2D eigenvalue weighted by atomic mass is 10.1. The molecule has 2 rings (SSSR count). The Hall–Kier alpha value is -1.55. The van der Waals surface area contributed by atoms with Crippen LogP contribution in [0, 0.1) is 0 Å². The molecule has 1 aromatic rings. The molecule has 0 spiro atoms. The summed E-state index contributed by atoms with van der Waals surface area (Å²) in [6.45, 7) is 5.28. The molecule has 1 aliphatic rings. The van der Waals surface area contributed by atoms with Gasteiger partial charge in [-0.2, -0.15) is 0 Å². The number of nitrogens with one attached hydrogen (secondary N) is 1. The van der Waals surface area contributed by atoms with Crippen molar-refractivity contribution in [1.29, 1.82) is 0 Å². The number of hydrogen-bond acceptors (Lipinski definition) is 3. The third kappa shape index (κ3) is 3.70. The largest absolute Gasteiger partial charge is 0.494 e. The highest BCUT2D eigenvalue weighted by Gasteiger charge is 2.24. The minimum atomic E-state index is -0.273. The molecule has 1 saturated heterocycles. The van der Waals surface area contributed by atoms with Crippen LogP contribution in [0.2, 0.25) is 0 Å². The van der Waals surface area contributed by atoms with Crippen LogP contribution >= 0.6 is 0 Å². The fourth-order valence-corrected chi connectivity index (χ4v) is 2.19. The molecule has 2 atom stereocenters. The van der Waals surface area contributed by atoms with Gasteiger partial charge in [0.05, 0.1) is 12.6 Å². The summed E-state index contributed by atoms with van der Waals surface area (Å²) in [6.07, 6.45) is 1.52. The summed E-state index contributed by atoms with van der Waals surface area (Å²) >= 11 is 0. The second-order valence-electron chi connectivity index (χ2n) is 4.73. The summed E-state index contributed by atoms with van der Waals surface area (Å²) in [4.78, 5) is 11.9. The molecule has 1 heterocycles. The molecule has 2 unspecified atom stereocenters. The highest BCUT2D eigenvalue weighted by Crippen LogP contribution is 2.19. The Balaban J connectivity index is 1.91. The van der Waals surface area contributed by atoms with E-state index in [0.717, 1.165) is 24.2 Å². The van der Waals surface area contributed by atoms with Crippen molar-refractivity contribution < 1.29 is 14.3 Å². The second kappa shape index (κ2) is 6.57. The van der Waals surface area contributed by atoms with Crippen molar-refractivity contribution in [2.24, 2.45) is 0 Å². The van der Waals surface area contributed by atoms with Crippen LogP contribution < -0.4 is 10.1 Å². The SMILES string of the molecule is CCOc1ccc(C(C)NC(=O)C2CCCO2)cc1. The van der Waals surface area contributed by atoms with Crippen LogP contribution in [0.1, 0.15) is 38.3 Å². The number of ether oxygens (including phenoxy) is 2. The number of rotatable bonds is 5. The van der Waals surface area contributed by atoms with Crippen LogP contribution in [0.3, 0.4) is 0 Å². The molecule has 0 aromatic heterocycles. The van der Waals surface area contributed by atoms with E-state index in [9.17, 15) is 4.79 Å². The van der Waals surface area contributed by atoms with Crippen LogP contribution in [0.5, 0.6) is 5.75 Å². The van der Waals surface area contributed by atoms with Crippen molar-refractivity contribution in [2.75, 3.05) is 13.2 Å². The third-order valence-electron chi connectivity index (χ3n) is 3.27. The average Bonchev–Trinajstić information content (AvgIpc) is 2.94. The van der Waals surface area contributed by atoms with Crippen LogP contribution in [-0.2, 0) is 9.53 Å². The van der Waals surface area contributed by atoms with Gasteiger partial charge in [-0.15, -0.1) is 0 Å². The first-order chi connectivity index (χ1) is 9.20. The normalized spacial score (nSPS) is 20.0. The highest BCUT2D eigenvalue weighted by molar-refractivity contribution is 5.81. The maximum atomic E-state index is 11.9. The summed E-state index contributed by atoms with van der Waals surface area (Å²) in [6, 6.07) is 7.78. The Bertz CT molecular complexity index is 410. The number of hydrogen-bond donors (Lipinski definition) is 1. The monoisotopic (exact) mass is 263 g/mol. The zero-order valence-electron chi connectivity index (χ0n) is 11.5. The molecular formula is C15H21NO3. The first-order valence-corrected chi connectivity index (χ1v) is 6.85. The maximum Gasteiger partial charge on any atom is 0.249 e. The molecule has 0 bridgehead atoms. The lowest BCUT2D eigenvalue weighted by Crippen LogP contribution is -2.35. The molecule has 0 saturated carbocycles. The van der Waals surface area contributed by atoms with Crippen molar-refractivity contribution in [3.05, 3.63) is 29.8 Å². The van der Waals surface area contributed by atoms with E-state index in [2.05, 4.69) is 5.32 Å². The van der Waals surface area contributed by atoms with Gasteiger partial charge in [0.25, 0.3) is 0 Å². The zero-order chi connectivity index (χ0) is 13.7. The van der Waals surface area contributed by atoms with Crippen molar-refractivity contribution in [1.82, 2.24) is 5.32 Å². The quantitative estimate of drug-likeness (QED) is 0.887. The van der Waals surface area contributed by atoms with Gasteiger partial charge in [-0.05, 0) is 44.4 Å². The summed E-state index contributed by atoms with van der Waals surface area (Å²) in [5.74, 6) is 0.836. The zero-order valence-corrected chi connectivity index (χ0v) is 11.5. The van der Waals surface area contributed by atoms with Crippen molar-refractivity contribution >= 4 is 5.91 Å². The molecule has 19 heavy (non-hydrogen) atoms. The van der Waals surface area contributed by atoms with Crippen LogP contribution in [0.4, 0.5) is 0 Å². The molecule has 1 fully saturated rings. The molecule has 1 N–H and O–H groups in total. The van der Waals surface area contributed by atoms with E-state index < -0.39 is 0 Å². The molecular weight excluding hydrogens is 242 g/mol. The Morgan fingerprint density at radius 3 is 2.79 bits per heavy atom. The van der Waals surface area contributed by atoms with E-state index in [-0.39, 0.29) is 18.1 Å². The van der Waals surface area contributed by atoms with Gasteiger partial charge in [-0.1, -0.05) is 12.1 Å². The van der Waals surface area contributed by atoms with E-state index in [0.29, 0.717) is 13.2 Å². The predicted molar refractivity (Wildman–Crippen MR) is 73.1 cm³/mol. The molecule has 104 valence electrons. The van der Waals surface area contributed by atoms with Gasteiger partial charge < -0.3 is 14.8 Å². The minimum absolute atomic E-state index is 0.0149. The summed E-state index contributed by atoms with van der Waals surface area (Å²) in [7, 11) is 0. The molecule has 4 nitrogen and oxygen atoms in total. The molecule has 4 heteroatoms. The van der Waals surface area contributed by atoms with Gasteiger partial charge in [0.2, 0.25) is 5.91 Å². The van der Waals surface area contributed by atoms with E-state index in [1.807, 2.05) is 38.1 Å². The van der Waals surface area contributed by atoms with Crippen molar-refractivity contribution in [3.63, 3.8) is 0 Å². The lowest BCUT2D eigenvalue weighted by Gasteiger charge is -2.17. The smallest absolute Gasteiger partial charge is 0.249 e. The highest BCUT2D eigenvalue weighted by atomic mass is 16.5. The van der Waals surface area contributed by atoms with Crippen molar-refractivity contribution in [2.45, 2.75) is 38.8 Å². The third-order valence-corrected chi connectivity index (χ3v) is 3.27. The topological polar surface area (TPSA) is 47.6 Å². The van der Waals surface area contributed by atoms with Gasteiger partial charge in [0, 0.05) is 6.61 Å². The van der Waals surface area contributed by atoms with Crippen LogP contribution in [0.25, 0.3) is 0 Å². The number of carbonyl (C=O) groups excluding carboxylic acids is 1. The first kappa shape index (κ1) is 13.9. The molecule has 0 radical (unpaired) electrons. The van der Waals surface area contributed by atoms with Gasteiger partial charge in [0.15, 0.2) is 0 Å².